The summed E-state index contributed by atoms with van der Waals surface area (Å²) in [5, 5.41) is 3.47. The molecule has 1 aliphatic rings. The Morgan fingerprint density at radius 1 is 1.29 bits per heavy atom. The minimum absolute atomic E-state index is 0.279. The molecule has 0 radical (unpaired) electrons. The molecule has 21 heavy (non-hydrogen) atoms. The summed E-state index contributed by atoms with van der Waals surface area (Å²) in [5.41, 5.74) is 1.23. The quantitative estimate of drug-likeness (QED) is 0.710. The lowest BCUT2D eigenvalue weighted by Crippen LogP contribution is -2.29. The van der Waals surface area contributed by atoms with Gasteiger partial charge < -0.3 is 14.8 Å². The highest BCUT2D eigenvalue weighted by molar-refractivity contribution is 5.75. The predicted octanol–water partition coefficient (Wildman–Crippen LogP) is 3.05. The molecule has 0 amide bonds. The van der Waals surface area contributed by atoms with E-state index in [0.29, 0.717) is 19.1 Å². The van der Waals surface area contributed by atoms with E-state index in [9.17, 15) is 4.79 Å². The first-order valence-corrected chi connectivity index (χ1v) is 7.88. The molecule has 0 bridgehead atoms. The molecule has 0 saturated heterocycles. The average Bonchev–Trinajstić information content (AvgIpc) is 3.30. The third-order valence-corrected chi connectivity index (χ3v) is 3.47. The number of hydrogen-bond acceptors (Lipinski definition) is 4. The van der Waals surface area contributed by atoms with Gasteiger partial charge >= 0.3 is 5.97 Å². The van der Waals surface area contributed by atoms with Crippen molar-refractivity contribution in [1.82, 2.24) is 5.32 Å². The third kappa shape index (κ3) is 5.38. The minimum atomic E-state index is -0.509. The number of benzene rings is 1. The normalized spacial score (nSPS) is 15.5. The maximum atomic E-state index is 11.8. The van der Waals surface area contributed by atoms with E-state index in [1.54, 1.807) is 0 Å². The molecule has 1 aromatic carbocycles. The van der Waals surface area contributed by atoms with Gasteiger partial charge in [0.2, 0.25) is 0 Å². The number of carbonyl (C=O) groups excluding carboxylic acids is 1. The van der Waals surface area contributed by atoms with Crippen LogP contribution in [0.5, 0.6) is 5.75 Å². The molecule has 1 fully saturated rings. The van der Waals surface area contributed by atoms with E-state index < -0.39 is 6.10 Å². The Morgan fingerprint density at radius 2 is 2.00 bits per heavy atom. The number of hydrogen-bond donors (Lipinski definition) is 1. The second-order valence-electron chi connectivity index (χ2n) is 5.45. The zero-order chi connectivity index (χ0) is 15.1. The number of rotatable bonds is 9. The van der Waals surface area contributed by atoms with Crippen LogP contribution in [0.2, 0.25) is 0 Å². The summed E-state index contributed by atoms with van der Waals surface area (Å²) in [5.74, 6) is 0.440. The largest absolute Gasteiger partial charge is 0.479 e. The Morgan fingerprint density at radius 3 is 2.57 bits per heavy atom. The van der Waals surface area contributed by atoms with Crippen LogP contribution in [0, 0.1) is 0 Å². The first-order valence-electron chi connectivity index (χ1n) is 7.88. The number of esters is 1. The van der Waals surface area contributed by atoms with E-state index in [0.717, 1.165) is 18.7 Å². The van der Waals surface area contributed by atoms with Crippen molar-refractivity contribution in [2.24, 2.45) is 0 Å². The first kappa shape index (κ1) is 15.8. The van der Waals surface area contributed by atoms with Gasteiger partial charge in [0.05, 0.1) is 6.61 Å². The van der Waals surface area contributed by atoms with E-state index in [1.807, 2.05) is 38.1 Å². The van der Waals surface area contributed by atoms with Crippen molar-refractivity contribution in [2.45, 2.75) is 58.2 Å². The fraction of sp³-hybridized carbons (Fsp3) is 0.588. The standard InChI is InChI=1S/C17H25NO3/c1-3-5-16(17(19)20-4-2)21-15-10-6-13(7-11-15)12-18-14-8-9-14/h6-7,10-11,14,16,18H,3-5,8-9,12H2,1-2H3. The fourth-order valence-corrected chi connectivity index (χ4v) is 2.12. The van der Waals surface area contributed by atoms with E-state index >= 15 is 0 Å². The molecule has 0 spiro atoms. The lowest BCUT2D eigenvalue weighted by Gasteiger charge is -2.17. The highest BCUT2D eigenvalue weighted by atomic mass is 16.6. The van der Waals surface area contributed by atoms with Crippen molar-refractivity contribution in [1.29, 1.82) is 0 Å². The summed E-state index contributed by atoms with van der Waals surface area (Å²) in [6.07, 6.45) is 3.63. The molecule has 4 nitrogen and oxygen atoms in total. The van der Waals surface area contributed by atoms with Gasteiger partial charge in [-0.15, -0.1) is 0 Å². The average molecular weight is 291 g/mol. The summed E-state index contributed by atoms with van der Waals surface area (Å²) >= 11 is 0. The molecular formula is C17H25NO3. The van der Waals surface area contributed by atoms with Crippen LogP contribution in [0.15, 0.2) is 24.3 Å². The van der Waals surface area contributed by atoms with Crippen molar-refractivity contribution >= 4 is 5.97 Å². The van der Waals surface area contributed by atoms with E-state index in [-0.39, 0.29) is 5.97 Å². The Bertz CT molecular complexity index is 440. The van der Waals surface area contributed by atoms with Gasteiger partial charge in [-0.05, 0) is 43.9 Å². The lowest BCUT2D eigenvalue weighted by molar-refractivity contribution is -0.151. The topological polar surface area (TPSA) is 47.6 Å². The maximum absolute atomic E-state index is 11.8. The van der Waals surface area contributed by atoms with Crippen LogP contribution < -0.4 is 10.1 Å². The van der Waals surface area contributed by atoms with Crippen molar-refractivity contribution in [3.63, 3.8) is 0 Å². The molecule has 1 aromatic rings. The minimum Gasteiger partial charge on any atom is -0.479 e. The van der Waals surface area contributed by atoms with Crippen LogP contribution in [0.4, 0.5) is 0 Å². The second kappa shape index (κ2) is 8.03. The molecule has 0 aromatic heterocycles. The van der Waals surface area contributed by atoms with Gasteiger partial charge in [-0.3, -0.25) is 0 Å². The van der Waals surface area contributed by atoms with Crippen LogP contribution in [0.1, 0.15) is 45.1 Å². The van der Waals surface area contributed by atoms with Crippen LogP contribution in [0.25, 0.3) is 0 Å². The van der Waals surface area contributed by atoms with Crippen molar-refractivity contribution < 1.29 is 14.3 Å². The molecule has 116 valence electrons. The highest BCUT2D eigenvalue weighted by Gasteiger charge is 2.21. The highest BCUT2D eigenvalue weighted by Crippen LogP contribution is 2.20. The van der Waals surface area contributed by atoms with Gasteiger partial charge in [0.15, 0.2) is 6.10 Å². The van der Waals surface area contributed by atoms with Crippen LogP contribution in [0.3, 0.4) is 0 Å². The van der Waals surface area contributed by atoms with Crippen LogP contribution in [-0.4, -0.2) is 24.7 Å². The number of carbonyl (C=O) groups is 1. The van der Waals surface area contributed by atoms with Gasteiger partial charge in [0.1, 0.15) is 5.75 Å². The summed E-state index contributed by atoms with van der Waals surface area (Å²) < 4.78 is 10.8. The molecule has 1 unspecified atom stereocenters. The zero-order valence-electron chi connectivity index (χ0n) is 12.9. The first-order chi connectivity index (χ1) is 10.2. The van der Waals surface area contributed by atoms with Crippen molar-refractivity contribution in [3.8, 4) is 5.75 Å². The second-order valence-corrected chi connectivity index (χ2v) is 5.45. The molecule has 1 saturated carbocycles. The van der Waals surface area contributed by atoms with Gasteiger partial charge in [0.25, 0.3) is 0 Å². The fourth-order valence-electron chi connectivity index (χ4n) is 2.12. The molecule has 2 rings (SSSR count). The van der Waals surface area contributed by atoms with Crippen LogP contribution in [-0.2, 0) is 16.1 Å². The molecular weight excluding hydrogens is 266 g/mol. The molecule has 4 heteroatoms. The number of ether oxygens (including phenoxy) is 2. The van der Waals surface area contributed by atoms with Gasteiger partial charge in [0, 0.05) is 12.6 Å². The van der Waals surface area contributed by atoms with Crippen LogP contribution >= 0.6 is 0 Å². The Hall–Kier alpha value is -1.55. The molecule has 0 aliphatic heterocycles. The maximum Gasteiger partial charge on any atom is 0.347 e. The monoisotopic (exact) mass is 291 g/mol. The molecule has 1 N–H and O–H groups in total. The summed E-state index contributed by atoms with van der Waals surface area (Å²) in [4.78, 5) is 11.8. The summed E-state index contributed by atoms with van der Waals surface area (Å²) in [7, 11) is 0. The predicted molar refractivity (Wildman–Crippen MR) is 82.3 cm³/mol. The molecule has 1 atom stereocenters. The van der Waals surface area contributed by atoms with Crippen molar-refractivity contribution in [2.75, 3.05) is 6.61 Å². The SMILES string of the molecule is CCCC(Oc1ccc(CNC2CC2)cc1)C(=O)OCC. The van der Waals surface area contributed by atoms with Crippen molar-refractivity contribution in [3.05, 3.63) is 29.8 Å². The Labute approximate surface area is 126 Å². The van der Waals surface area contributed by atoms with Gasteiger partial charge in [-0.1, -0.05) is 25.5 Å². The van der Waals surface area contributed by atoms with Gasteiger partial charge in [-0.2, -0.15) is 0 Å². The van der Waals surface area contributed by atoms with E-state index in [1.165, 1.54) is 18.4 Å². The lowest BCUT2D eigenvalue weighted by atomic mass is 10.2. The molecule has 0 heterocycles. The van der Waals surface area contributed by atoms with E-state index in [2.05, 4.69) is 5.32 Å². The molecule has 1 aliphatic carbocycles. The third-order valence-electron chi connectivity index (χ3n) is 3.47. The summed E-state index contributed by atoms with van der Waals surface area (Å²) in [6.45, 7) is 5.11. The summed E-state index contributed by atoms with van der Waals surface area (Å²) in [6, 6.07) is 8.63. The van der Waals surface area contributed by atoms with Gasteiger partial charge in [-0.25, -0.2) is 4.79 Å². The zero-order valence-corrected chi connectivity index (χ0v) is 12.9. The Kier molecular flexibility index (Phi) is 6.05. The van der Waals surface area contributed by atoms with E-state index in [4.69, 9.17) is 9.47 Å². The number of nitrogens with one attached hydrogen (secondary N) is 1. The Balaban J connectivity index is 1.87. The smallest absolute Gasteiger partial charge is 0.347 e.